The van der Waals surface area contributed by atoms with Gasteiger partial charge in [-0.1, -0.05) is 0 Å². The SMILES string of the molecule is COc1cc(B(c2c(F)c(F)cc(F)c2OC)c2c(F)c(F)cc(F)c2OC)c(F)cc1F. The van der Waals surface area contributed by atoms with Crippen molar-refractivity contribution in [3.63, 3.8) is 0 Å². The third kappa shape index (κ3) is 4.05. The average Bonchev–Trinajstić information content (AvgIpc) is 2.76. The smallest absolute Gasteiger partial charge is 0.263 e. The molecule has 33 heavy (non-hydrogen) atoms. The molecule has 0 unspecified atom stereocenters. The number of halogens is 8. The maximum atomic E-state index is 15.0. The minimum Gasteiger partial charge on any atom is -0.494 e. The molecule has 0 atom stereocenters. The van der Waals surface area contributed by atoms with Crippen LogP contribution in [-0.4, -0.2) is 28.0 Å². The van der Waals surface area contributed by atoms with Gasteiger partial charge in [0.05, 0.1) is 21.3 Å². The van der Waals surface area contributed by atoms with Crippen LogP contribution in [0.4, 0.5) is 35.1 Å². The van der Waals surface area contributed by atoms with E-state index in [1.165, 1.54) is 0 Å². The lowest BCUT2D eigenvalue weighted by atomic mass is 9.36. The Morgan fingerprint density at radius 3 is 1.33 bits per heavy atom. The first kappa shape index (κ1) is 24.2. The molecule has 3 aromatic carbocycles. The highest BCUT2D eigenvalue weighted by Crippen LogP contribution is 2.26. The van der Waals surface area contributed by atoms with E-state index in [1.54, 1.807) is 0 Å². The van der Waals surface area contributed by atoms with Crippen molar-refractivity contribution in [2.75, 3.05) is 21.3 Å². The van der Waals surface area contributed by atoms with Gasteiger partial charge in [0.25, 0.3) is 6.71 Å². The van der Waals surface area contributed by atoms with Crippen LogP contribution in [0.25, 0.3) is 0 Å². The van der Waals surface area contributed by atoms with E-state index in [1.807, 2.05) is 0 Å². The van der Waals surface area contributed by atoms with E-state index < -0.39 is 86.9 Å². The zero-order chi connectivity index (χ0) is 24.6. The second-order valence-electron chi connectivity index (χ2n) is 6.64. The molecule has 0 bridgehead atoms. The van der Waals surface area contributed by atoms with Crippen molar-refractivity contribution in [1.82, 2.24) is 0 Å². The second-order valence-corrected chi connectivity index (χ2v) is 6.64. The Labute approximate surface area is 182 Å². The summed E-state index contributed by atoms with van der Waals surface area (Å²) in [6, 6.07) is 1.10. The van der Waals surface area contributed by atoms with Crippen LogP contribution in [0.1, 0.15) is 0 Å². The summed E-state index contributed by atoms with van der Waals surface area (Å²) in [5.41, 5.74) is -3.17. The Morgan fingerprint density at radius 2 is 0.939 bits per heavy atom. The van der Waals surface area contributed by atoms with Gasteiger partial charge in [0.2, 0.25) is 0 Å². The zero-order valence-corrected chi connectivity index (χ0v) is 17.1. The maximum Gasteiger partial charge on any atom is 0.263 e. The molecule has 0 radical (unpaired) electrons. The predicted octanol–water partition coefficient (Wildman–Crippen LogP) is 3.34. The first-order chi connectivity index (χ1) is 15.6. The van der Waals surface area contributed by atoms with Crippen molar-refractivity contribution in [1.29, 1.82) is 0 Å². The molecule has 0 amide bonds. The van der Waals surface area contributed by atoms with Gasteiger partial charge in [-0.05, 0) is 11.5 Å². The molecule has 0 aromatic heterocycles. The number of hydrogen-bond acceptors (Lipinski definition) is 3. The topological polar surface area (TPSA) is 27.7 Å². The quantitative estimate of drug-likeness (QED) is 0.311. The van der Waals surface area contributed by atoms with Crippen molar-refractivity contribution >= 4 is 23.1 Å². The highest BCUT2D eigenvalue weighted by molar-refractivity contribution is 6.96. The zero-order valence-electron chi connectivity index (χ0n) is 17.1. The fraction of sp³-hybridized carbons (Fsp3) is 0.143. The number of methoxy groups -OCH3 is 3. The molecule has 3 aromatic rings. The Kier molecular flexibility index (Phi) is 6.75. The fourth-order valence-corrected chi connectivity index (χ4v) is 3.50. The van der Waals surface area contributed by atoms with E-state index in [2.05, 4.69) is 0 Å². The lowest BCUT2D eigenvalue weighted by Gasteiger charge is -2.23. The van der Waals surface area contributed by atoms with Gasteiger partial charge in [0.15, 0.2) is 58.0 Å². The summed E-state index contributed by atoms with van der Waals surface area (Å²) in [6.07, 6.45) is 0. The van der Waals surface area contributed by atoms with E-state index in [0.717, 1.165) is 21.3 Å². The highest BCUT2D eigenvalue weighted by atomic mass is 19.2. The average molecular weight is 476 g/mol. The summed E-state index contributed by atoms with van der Waals surface area (Å²) in [5.74, 6) is -15.6. The number of benzene rings is 3. The monoisotopic (exact) mass is 476 g/mol. The standard InChI is InChI=1S/C21H13BF8O3/c1-31-15-4-8(9(23)5-10(15)24)22(16-18(29)11(25)6-13(27)20(16)32-2)17-19(30)12(26)7-14(28)21(17)33-3/h4-7H,1-3H3. The van der Waals surface area contributed by atoms with Crippen LogP contribution in [-0.2, 0) is 0 Å². The lowest BCUT2D eigenvalue weighted by Crippen LogP contribution is -2.57. The molecule has 3 nitrogen and oxygen atoms in total. The van der Waals surface area contributed by atoms with Crippen LogP contribution >= 0.6 is 0 Å². The highest BCUT2D eigenvalue weighted by Gasteiger charge is 2.40. The van der Waals surface area contributed by atoms with Gasteiger partial charge >= 0.3 is 0 Å². The molecule has 174 valence electrons. The predicted molar refractivity (Wildman–Crippen MR) is 103 cm³/mol. The summed E-state index contributed by atoms with van der Waals surface area (Å²) < 4.78 is 130. The molecule has 0 N–H and O–H groups in total. The molecular weight excluding hydrogens is 463 g/mol. The molecule has 0 fully saturated rings. The number of hydrogen-bond donors (Lipinski definition) is 0. The van der Waals surface area contributed by atoms with Crippen LogP contribution in [0, 0.1) is 46.5 Å². The van der Waals surface area contributed by atoms with Gasteiger partial charge < -0.3 is 14.2 Å². The normalized spacial score (nSPS) is 10.9. The minimum atomic E-state index is -2.32. The third-order valence-corrected chi connectivity index (χ3v) is 4.89. The van der Waals surface area contributed by atoms with Crippen molar-refractivity contribution in [2.24, 2.45) is 0 Å². The van der Waals surface area contributed by atoms with Crippen molar-refractivity contribution < 1.29 is 49.3 Å². The van der Waals surface area contributed by atoms with E-state index >= 15 is 8.78 Å². The molecule has 12 heteroatoms. The van der Waals surface area contributed by atoms with Crippen LogP contribution in [0.3, 0.4) is 0 Å². The summed E-state index contributed by atoms with van der Waals surface area (Å²) >= 11 is 0. The first-order valence-electron chi connectivity index (χ1n) is 9.02. The van der Waals surface area contributed by atoms with Gasteiger partial charge in [-0.15, -0.1) is 0 Å². The third-order valence-electron chi connectivity index (χ3n) is 4.89. The van der Waals surface area contributed by atoms with Crippen LogP contribution in [0.15, 0.2) is 24.3 Å². The molecule has 0 spiro atoms. The van der Waals surface area contributed by atoms with Crippen molar-refractivity contribution in [2.45, 2.75) is 0 Å². The summed E-state index contributed by atoms with van der Waals surface area (Å²) in [6.45, 7) is -2.32. The van der Waals surface area contributed by atoms with Gasteiger partial charge in [-0.25, -0.2) is 35.1 Å². The molecule has 0 saturated carbocycles. The largest absolute Gasteiger partial charge is 0.494 e. The molecule has 0 aliphatic rings. The summed E-state index contributed by atoms with van der Waals surface area (Å²) in [5, 5.41) is 0. The molecular formula is C21H13BF8O3. The van der Waals surface area contributed by atoms with E-state index in [4.69, 9.17) is 14.2 Å². The van der Waals surface area contributed by atoms with Crippen LogP contribution < -0.4 is 30.6 Å². The lowest BCUT2D eigenvalue weighted by molar-refractivity contribution is 0.379. The number of ether oxygens (including phenoxy) is 3. The maximum absolute atomic E-state index is 15.0. The molecule has 0 aliphatic heterocycles. The molecule has 0 aliphatic carbocycles. The minimum absolute atomic E-state index is 0.107. The van der Waals surface area contributed by atoms with Crippen LogP contribution in [0.2, 0.25) is 0 Å². The Bertz CT molecular complexity index is 1170. The Balaban J connectivity index is 2.59. The van der Waals surface area contributed by atoms with Gasteiger partial charge in [0.1, 0.15) is 5.82 Å². The first-order valence-corrected chi connectivity index (χ1v) is 9.02. The van der Waals surface area contributed by atoms with Crippen molar-refractivity contribution in [3.8, 4) is 17.2 Å². The molecule has 0 saturated heterocycles. The van der Waals surface area contributed by atoms with Gasteiger partial charge in [0, 0.05) is 29.1 Å². The van der Waals surface area contributed by atoms with Gasteiger partial charge in [-0.3, -0.25) is 0 Å². The second kappa shape index (κ2) is 9.20. The molecule has 3 rings (SSSR count). The van der Waals surface area contributed by atoms with E-state index in [-0.39, 0.29) is 18.2 Å². The molecule has 0 heterocycles. The van der Waals surface area contributed by atoms with Gasteiger partial charge in [-0.2, -0.15) is 0 Å². The van der Waals surface area contributed by atoms with Crippen LogP contribution in [0.5, 0.6) is 17.2 Å². The summed E-state index contributed by atoms with van der Waals surface area (Å²) in [7, 11) is 2.68. The Hall–Kier alpha value is -3.44. The summed E-state index contributed by atoms with van der Waals surface area (Å²) in [4.78, 5) is 0. The number of rotatable bonds is 6. The van der Waals surface area contributed by atoms with Crippen molar-refractivity contribution in [3.05, 3.63) is 70.8 Å². The van der Waals surface area contributed by atoms with E-state index in [9.17, 15) is 26.3 Å². The fourth-order valence-electron chi connectivity index (χ4n) is 3.50. The Morgan fingerprint density at radius 1 is 0.515 bits per heavy atom. The van der Waals surface area contributed by atoms with E-state index in [0.29, 0.717) is 6.07 Å².